The summed E-state index contributed by atoms with van der Waals surface area (Å²) in [6.45, 7) is 5.41. The third kappa shape index (κ3) is 5.32. The molecule has 3 nitrogen and oxygen atoms in total. The van der Waals surface area contributed by atoms with Crippen LogP contribution in [-0.2, 0) is 9.53 Å². The lowest BCUT2D eigenvalue weighted by molar-refractivity contribution is -0.157. The van der Waals surface area contributed by atoms with Crippen LogP contribution in [0.1, 0.15) is 20.8 Å². The number of fused-ring (bicyclic) bond motifs is 1. The van der Waals surface area contributed by atoms with Gasteiger partial charge in [0.05, 0.1) is 0 Å². The molecule has 4 heteroatoms. The third-order valence-electron chi connectivity index (χ3n) is 4.78. The predicted molar refractivity (Wildman–Crippen MR) is 131 cm³/mol. The summed E-state index contributed by atoms with van der Waals surface area (Å²) < 4.78 is 11.5. The molecule has 0 N–H and O–H groups in total. The first-order valence-corrected chi connectivity index (χ1v) is 11.4. The fourth-order valence-corrected chi connectivity index (χ4v) is 4.51. The van der Waals surface area contributed by atoms with E-state index in [0.29, 0.717) is 5.75 Å². The summed E-state index contributed by atoms with van der Waals surface area (Å²) in [6.07, 6.45) is 0. The minimum absolute atomic E-state index is 0.142. The number of ether oxygens (including phenoxy) is 2. The van der Waals surface area contributed by atoms with Crippen LogP contribution in [0.25, 0.3) is 21.9 Å². The molecule has 0 amide bonds. The van der Waals surface area contributed by atoms with Crippen LogP contribution in [0.3, 0.4) is 0 Å². The molecule has 0 fully saturated rings. The molecule has 162 valence electrons. The first-order chi connectivity index (χ1) is 15.4. The Balaban J connectivity index is 1.76. The van der Waals surface area contributed by atoms with Crippen LogP contribution in [-0.4, -0.2) is 18.2 Å². The normalized spacial score (nSPS) is 11.3. The summed E-state index contributed by atoms with van der Waals surface area (Å²) in [5.74, 6) is 0.277. The number of carbonyl (C=O) groups is 1. The topological polar surface area (TPSA) is 35.5 Å². The number of benzene rings is 4. The van der Waals surface area contributed by atoms with Crippen LogP contribution in [0.15, 0.2) is 101 Å². The van der Waals surface area contributed by atoms with Gasteiger partial charge >= 0.3 is 5.97 Å². The number of rotatable bonds is 6. The molecule has 0 aliphatic heterocycles. The first-order valence-electron chi connectivity index (χ1n) is 10.6. The fraction of sp³-hybridized carbons (Fsp3) is 0.179. The van der Waals surface area contributed by atoms with Crippen molar-refractivity contribution in [3.63, 3.8) is 0 Å². The van der Waals surface area contributed by atoms with Gasteiger partial charge in [0.1, 0.15) is 11.4 Å². The minimum atomic E-state index is -0.550. The van der Waals surface area contributed by atoms with Gasteiger partial charge in [-0.05, 0) is 61.4 Å². The second kappa shape index (κ2) is 9.49. The third-order valence-corrected chi connectivity index (χ3v) is 5.87. The van der Waals surface area contributed by atoms with Crippen molar-refractivity contribution in [2.24, 2.45) is 0 Å². The van der Waals surface area contributed by atoms with Crippen molar-refractivity contribution < 1.29 is 14.3 Å². The van der Waals surface area contributed by atoms with Crippen LogP contribution >= 0.6 is 11.8 Å². The van der Waals surface area contributed by atoms with Gasteiger partial charge in [-0.2, -0.15) is 0 Å². The molecular formula is C28H26O3S. The Morgan fingerprint density at radius 3 is 2.28 bits per heavy atom. The lowest BCUT2D eigenvalue weighted by Gasteiger charge is -2.20. The largest absolute Gasteiger partial charge is 0.481 e. The van der Waals surface area contributed by atoms with Gasteiger partial charge in [0.15, 0.2) is 6.61 Å². The van der Waals surface area contributed by atoms with E-state index >= 15 is 0 Å². The lowest BCUT2D eigenvalue weighted by atomic mass is 9.97. The molecule has 0 saturated heterocycles. The van der Waals surface area contributed by atoms with E-state index in [0.717, 1.165) is 31.7 Å². The second-order valence-electron chi connectivity index (χ2n) is 8.45. The van der Waals surface area contributed by atoms with Gasteiger partial charge in [-0.1, -0.05) is 78.5 Å². The van der Waals surface area contributed by atoms with Gasteiger partial charge < -0.3 is 9.47 Å². The fourth-order valence-electron chi connectivity index (χ4n) is 3.53. The van der Waals surface area contributed by atoms with E-state index in [1.54, 1.807) is 11.8 Å². The van der Waals surface area contributed by atoms with Crippen LogP contribution in [0.5, 0.6) is 5.75 Å². The van der Waals surface area contributed by atoms with E-state index in [9.17, 15) is 4.79 Å². The zero-order valence-electron chi connectivity index (χ0n) is 18.5. The van der Waals surface area contributed by atoms with E-state index in [4.69, 9.17) is 9.47 Å². The molecule has 0 radical (unpaired) electrons. The number of hydrogen-bond donors (Lipinski definition) is 0. The van der Waals surface area contributed by atoms with E-state index in [1.807, 2.05) is 75.4 Å². The Bertz CT molecular complexity index is 1230. The molecule has 0 bridgehead atoms. The molecule has 4 rings (SSSR count). The molecule has 0 aliphatic rings. The Labute approximate surface area is 193 Å². The van der Waals surface area contributed by atoms with E-state index in [1.165, 1.54) is 0 Å². The van der Waals surface area contributed by atoms with Crippen molar-refractivity contribution in [3.05, 3.63) is 91.0 Å². The van der Waals surface area contributed by atoms with Crippen LogP contribution in [0, 0.1) is 0 Å². The van der Waals surface area contributed by atoms with Gasteiger partial charge in [0.25, 0.3) is 0 Å². The molecular weight excluding hydrogens is 416 g/mol. The Morgan fingerprint density at radius 2 is 1.50 bits per heavy atom. The van der Waals surface area contributed by atoms with Crippen LogP contribution in [0.2, 0.25) is 0 Å². The molecule has 0 spiro atoms. The van der Waals surface area contributed by atoms with Crippen molar-refractivity contribution in [2.45, 2.75) is 36.2 Å². The maximum absolute atomic E-state index is 12.3. The van der Waals surface area contributed by atoms with Crippen LogP contribution in [0.4, 0.5) is 0 Å². The summed E-state index contributed by atoms with van der Waals surface area (Å²) >= 11 is 1.71. The molecule has 0 atom stereocenters. The highest BCUT2D eigenvalue weighted by molar-refractivity contribution is 7.99. The van der Waals surface area contributed by atoms with Crippen molar-refractivity contribution in [3.8, 4) is 16.9 Å². The Hall–Kier alpha value is -3.24. The Morgan fingerprint density at radius 1 is 0.812 bits per heavy atom. The van der Waals surface area contributed by atoms with Crippen molar-refractivity contribution in [2.75, 3.05) is 6.61 Å². The van der Waals surface area contributed by atoms with Gasteiger partial charge in [0, 0.05) is 15.4 Å². The number of esters is 1. The van der Waals surface area contributed by atoms with Gasteiger partial charge in [0.2, 0.25) is 0 Å². The first kappa shape index (κ1) is 22.0. The SMILES string of the molecule is CC(C)(C)OC(=O)COc1ccc2ccccc2c1-c1ccccc1Sc1ccccc1. The molecule has 32 heavy (non-hydrogen) atoms. The highest BCUT2D eigenvalue weighted by Crippen LogP contribution is 2.43. The Kier molecular flexibility index (Phi) is 6.52. The molecule has 0 saturated carbocycles. The van der Waals surface area contributed by atoms with E-state index < -0.39 is 5.60 Å². The molecule has 0 unspecified atom stereocenters. The average molecular weight is 443 g/mol. The summed E-state index contributed by atoms with van der Waals surface area (Å²) in [5, 5.41) is 2.20. The zero-order chi connectivity index (χ0) is 22.6. The predicted octanol–water partition coefficient (Wildman–Crippen LogP) is 7.38. The van der Waals surface area contributed by atoms with Crippen LogP contribution < -0.4 is 4.74 Å². The van der Waals surface area contributed by atoms with E-state index in [-0.39, 0.29) is 12.6 Å². The van der Waals surface area contributed by atoms with Gasteiger partial charge in [-0.3, -0.25) is 0 Å². The molecule has 0 aromatic heterocycles. The minimum Gasteiger partial charge on any atom is -0.481 e. The van der Waals surface area contributed by atoms with Gasteiger partial charge in [-0.15, -0.1) is 0 Å². The molecule has 4 aromatic rings. The summed E-state index contributed by atoms with van der Waals surface area (Å²) in [6, 6.07) is 30.8. The molecule has 0 heterocycles. The van der Waals surface area contributed by atoms with Crippen molar-refractivity contribution in [1.82, 2.24) is 0 Å². The number of hydrogen-bond acceptors (Lipinski definition) is 4. The molecule has 0 aliphatic carbocycles. The van der Waals surface area contributed by atoms with E-state index in [2.05, 4.69) is 36.4 Å². The highest BCUT2D eigenvalue weighted by Gasteiger charge is 2.19. The van der Waals surface area contributed by atoms with Gasteiger partial charge in [-0.25, -0.2) is 4.79 Å². The number of carbonyl (C=O) groups excluding carboxylic acids is 1. The monoisotopic (exact) mass is 442 g/mol. The summed E-state index contributed by atoms with van der Waals surface area (Å²) in [7, 11) is 0. The van der Waals surface area contributed by atoms with Crippen molar-refractivity contribution in [1.29, 1.82) is 0 Å². The quantitative estimate of drug-likeness (QED) is 0.292. The second-order valence-corrected chi connectivity index (χ2v) is 9.56. The zero-order valence-corrected chi connectivity index (χ0v) is 19.3. The standard InChI is InChI=1S/C28H26O3S/c1-28(2,3)31-26(29)19-30-24-18-17-20-11-7-8-14-22(20)27(24)23-15-9-10-16-25(23)32-21-12-5-4-6-13-21/h4-18H,19H2,1-3H3. The smallest absolute Gasteiger partial charge is 0.344 e. The van der Waals surface area contributed by atoms with Crippen molar-refractivity contribution >= 4 is 28.5 Å². The maximum atomic E-state index is 12.3. The summed E-state index contributed by atoms with van der Waals surface area (Å²) in [4.78, 5) is 14.6. The maximum Gasteiger partial charge on any atom is 0.344 e. The highest BCUT2D eigenvalue weighted by atomic mass is 32.2. The molecule has 4 aromatic carbocycles. The summed E-state index contributed by atoms with van der Waals surface area (Å²) in [5.41, 5.74) is 1.49. The lowest BCUT2D eigenvalue weighted by Crippen LogP contribution is -2.27. The average Bonchev–Trinajstić information content (AvgIpc) is 2.77.